The first-order valence-electron chi connectivity index (χ1n) is 8.38. The molecule has 0 unspecified atom stereocenters. The van der Waals surface area contributed by atoms with Crippen LogP contribution in [0.1, 0.15) is 55.3 Å². The van der Waals surface area contributed by atoms with Crippen LogP contribution in [-0.4, -0.2) is 30.5 Å². The van der Waals surface area contributed by atoms with Crippen LogP contribution in [0.5, 0.6) is 5.75 Å². The van der Waals surface area contributed by atoms with Crippen LogP contribution < -0.4 is 4.74 Å². The second-order valence-electron chi connectivity index (χ2n) is 6.54. The summed E-state index contributed by atoms with van der Waals surface area (Å²) in [6, 6.07) is 8.27. The van der Waals surface area contributed by atoms with Crippen molar-refractivity contribution in [2.45, 2.75) is 43.4 Å². The van der Waals surface area contributed by atoms with Gasteiger partial charge in [-0.1, -0.05) is 30.1 Å². The van der Waals surface area contributed by atoms with Crippen molar-refractivity contribution >= 4 is 0 Å². The number of nitrogens with zero attached hydrogens (tertiary/aromatic N) is 2. The molecule has 2 aromatic rings. The van der Waals surface area contributed by atoms with Gasteiger partial charge in [-0.05, 0) is 37.0 Å². The molecular weight excluding hydrogens is 292 g/mol. The lowest BCUT2D eigenvalue weighted by atomic mass is 9.78. The van der Waals surface area contributed by atoms with Crippen molar-refractivity contribution < 1.29 is 14.0 Å². The van der Waals surface area contributed by atoms with E-state index in [0.717, 1.165) is 43.3 Å². The standard InChI is InChI=1S/C18H22N2O3/c1-21-15-6-4-5-14(11-15)18(8-2-3-9-18)17-19-16(20-23-17)13-7-10-22-12-13/h4-6,11,13H,2-3,7-10,12H2,1H3/t13-/m1/s1. The van der Waals surface area contributed by atoms with Crippen molar-refractivity contribution in [3.05, 3.63) is 41.5 Å². The van der Waals surface area contributed by atoms with Crippen molar-refractivity contribution in [2.24, 2.45) is 0 Å². The average Bonchev–Trinajstić information content (AvgIpc) is 3.34. The lowest BCUT2D eigenvalue weighted by Gasteiger charge is -2.25. The van der Waals surface area contributed by atoms with Crippen LogP contribution in [0.2, 0.25) is 0 Å². The van der Waals surface area contributed by atoms with E-state index in [1.807, 2.05) is 12.1 Å². The first kappa shape index (κ1) is 14.7. The molecule has 4 rings (SSSR count). The number of ether oxygens (including phenoxy) is 2. The Morgan fingerprint density at radius 1 is 1.26 bits per heavy atom. The fourth-order valence-corrected chi connectivity index (χ4v) is 3.86. The van der Waals surface area contributed by atoms with Crippen molar-refractivity contribution in [1.82, 2.24) is 10.1 Å². The lowest BCUT2D eigenvalue weighted by Crippen LogP contribution is -2.24. The molecule has 1 saturated carbocycles. The maximum atomic E-state index is 5.73. The maximum Gasteiger partial charge on any atom is 0.237 e. The molecule has 5 nitrogen and oxygen atoms in total. The van der Waals surface area contributed by atoms with Gasteiger partial charge < -0.3 is 14.0 Å². The first-order valence-corrected chi connectivity index (χ1v) is 8.38. The third-order valence-corrected chi connectivity index (χ3v) is 5.23. The largest absolute Gasteiger partial charge is 0.497 e. The van der Waals surface area contributed by atoms with Crippen molar-refractivity contribution in [2.75, 3.05) is 20.3 Å². The molecular formula is C18H22N2O3. The Balaban J connectivity index is 1.72. The topological polar surface area (TPSA) is 57.4 Å². The zero-order valence-electron chi connectivity index (χ0n) is 13.5. The average molecular weight is 314 g/mol. The van der Waals surface area contributed by atoms with Gasteiger partial charge in [0.1, 0.15) is 5.75 Å². The summed E-state index contributed by atoms with van der Waals surface area (Å²) >= 11 is 0. The Kier molecular flexibility index (Phi) is 3.81. The fourth-order valence-electron chi connectivity index (χ4n) is 3.86. The number of rotatable bonds is 4. The van der Waals surface area contributed by atoms with E-state index in [2.05, 4.69) is 17.3 Å². The van der Waals surface area contributed by atoms with Crippen molar-refractivity contribution in [1.29, 1.82) is 0 Å². The van der Waals surface area contributed by atoms with Gasteiger partial charge in [0, 0.05) is 12.5 Å². The van der Waals surface area contributed by atoms with Crippen molar-refractivity contribution in [3.63, 3.8) is 0 Å². The van der Waals surface area contributed by atoms with E-state index in [1.165, 1.54) is 18.4 Å². The molecule has 0 amide bonds. The van der Waals surface area contributed by atoms with E-state index in [4.69, 9.17) is 19.0 Å². The molecule has 0 bridgehead atoms. The summed E-state index contributed by atoms with van der Waals surface area (Å²) in [5, 5.41) is 4.26. The van der Waals surface area contributed by atoms with Crippen LogP contribution in [0.3, 0.4) is 0 Å². The van der Waals surface area contributed by atoms with Gasteiger partial charge in [0.05, 0.1) is 19.1 Å². The van der Waals surface area contributed by atoms with Crippen LogP contribution in [0.4, 0.5) is 0 Å². The van der Waals surface area contributed by atoms with Crippen LogP contribution in [0, 0.1) is 0 Å². The van der Waals surface area contributed by atoms with Crippen LogP contribution >= 0.6 is 0 Å². The number of aromatic nitrogens is 2. The summed E-state index contributed by atoms with van der Waals surface area (Å²) in [4.78, 5) is 4.78. The molecule has 1 aliphatic carbocycles. The van der Waals surface area contributed by atoms with Crippen molar-refractivity contribution in [3.8, 4) is 5.75 Å². The summed E-state index contributed by atoms with van der Waals surface area (Å²) in [6.07, 6.45) is 5.43. The molecule has 122 valence electrons. The molecule has 23 heavy (non-hydrogen) atoms. The molecule has 2 heterocycles. The number of methoxy groups -OCH3 is 1. The summed E-state index contributed by atoms with van der Waals surface area (Å²) in [5.41, 5.74) is 1.05. The highest BCUT2D eigenvalue weighted by Crippen LogP contribution is 2.46. The van der Waals surface area contributed by atoms with E-state index in [-0.39, 0.29) is 11.3 Å². The quantitative estimate of drug-likeness (QED) is 0.865. The highest BCUT2D eigenvalue weighted by molar-refractivity contribution is 5.38. The molecule has 1 aliphatic heterocycles. The van der Waals surface area contributed by atoms with E-state index in [1.54, 1.807) is 7.11 Å². The minimum absolute atomic E-state index is 0.167. The minimum atomic E-state index is -0.167. The second kappa shape index (κ2) is 5.96. The summed E-state index contributed by atoms with van der Waals surface area (Å²) in [6.45, 7) is 1.49. The van der Waals surface area contributed by atoms with Crippen LogP contribution in [-0.2, 0) is 10.2 Å². The van der Waals surface area contributed by atoms with Gasteiger partial charge in [0.2, 0.25) is 5.89 Å². The number of hydrogen-bond donors (Lipinski definition) is 0. The Labute approximate surface area is 136 Å². The van der Waals surface area contributed by atoms with E-state index < -0.39 is 0 Å². The number of benzene rings is 1. The molecule has 1 aromatic heterocycles. The molecule has 0 N–H and O–H groups in total. The summed E-state index contributed by atoms with van der Waals surface area (Å²) in [7, 11) is 1.70. The number of hydrogen-bond acceptors (Lipinski definition) is 5. The highest BCUT2D eigenvalue weighted by Gasteiger charge is 2.43. The van der Waals surface area contributed by atoms with E-state index in [9.17, 15) is 0 Å². The maximum absolute atomic E-state index is 5.73. The SMILES string of the molecule is COc1cccc(C2(c3nc([C@@H]4CCOC4)no3)CCCC2)c1. The van der Waals surface area contributed by atoms with Gasteiger partial charge in [-0.3, -0.25) is 0 Å². The third-order valence-electron chi connectivity index (χ3n) is 5.23. The van der Waals surface area contributed by atoms with Gasteiger partial charge in [-0.2, -0.15) is 4.98 Å². The minimum Gasteiger partial charge on any atom is -0.497 e. The zero-order chi connectivity index (χ0) is 15.7. The molecule has 1 aromatic carbocycles. The van der Waals surface area contributed by atoms with E-state index in [0.29, 0.717) is 6.61 Å². The van der Waals surface area contributed by atoms with Crippen LogP contribution in [0.15, 0.2) is 28.8 Å². The van der Waals surface area contributed by atoms with Crippen LogP contribution in [0.25, 0.3) is 0 Å². The Morgan fingerprint density at radius 2 is 2.13 bits per heavy atom. The Morgan fingerprint density at radius 3 is 2.87 bits per heavy atom. The van der Waals surface area contributed by atoms with E-state index >= 15 is 0 Å². The lowest BCUT2D eigenvalue weighted by molar-refractivity contribution is 0.192. The molecule has 1 atom stereocenters. The van der Waals surface area contributed by atoms with Gasteiger partial charge in [0.25, 0.3) is 0 Å². The molecule has 2 fully saturated rings. The summed E-state index contributed by atoms with van der Waals surface area (Å²) < 4.78 is 16.6. The summed E-state index contributed by atoms with van der Waals surface area (Å²) in [5.74, 6) is 2.70. The fraction of sp³-hybridized carbons (Fsp3) is 0.556. The van der Waals surface area contributed by atoms with Gasteiger partial charge >= 0.3 is 0 Å². The first-order chi connectivity index (χ1) is 11.3. The molecule has 2 aliphatic rings. The van der Waals surface area contributed by atoms with Gasteiger partial charge in [-0.25, -0.2) is 0 Å². The monoisotopic (exact) mass is 314 g/mol. The normalized spacial score (nSPS) is 23.3. The second-order valence-corrected chi connectivity index (χ2v) is 6.54. The Bertz CT molecular complexity index is 670. The predicted molar refractivity (Wildman–Crippen MR) is 84.7 cm³/mol. The van der Waals surface area contributed by atoms with Gasteiger partial charge in [0.15, 0.2) is 5.82 Å². The molecule has 0 radical (unpaired) electrons. The molecule has 1 saturated heterocycles. The highest BCUT2D eigenvalue weighted by atomic mass is 16.5. The smallest absolute Gasteiger partial charge is 0.237 e. The third kappa shape index (κ3) is 2.53. The Hall–Kier alpha value is -1.88. The predicted octanol–water partition coefficient (Wildman–Crippen LogP) is 3.44. The molecule has 0 spiro atoms. The molecule has 5 heteroatoms. The zero-order valence-corrected chi connectivity index (χ0v) is 13.5. The van der Waals surface area contributed by atoms with Gasteiger partial charge in [-0.15, -0.1) is 0 Å².